The van der Waals surface area contributed by atoms with Crippen LogP contribution in [0.1, 0.15) is 6.42 Å². The fourth-order valence-corrected chi connectivity index (χ4v) is 0.341. The molecule has 1 atom stereocenters. The van der Waals surface area contributed by atoms with Gasteiger partial charge in [-0.15, -0.1) is 0 Å². The van der Waals surface area contributed by atoms with Gasteiger partial charge in [0.15, 0.2) is 0 Å². The fourth-order valence-electron chi connectivity index (χ4n) is 0.341. The highest BCUT2D eigenvalue weighted by Gasteiger charge is 2.29. The van der Waals surface area contributed by atoms with Crippen molar-refractivity contribution < 1.29 is 17.9 Å². The van der Waals surface area contributed by atoms with Crippen molar-refractivity contribution >= 4 is 0 Å². The van der Waals surface area contributed by atoms with Crippen molar-refractivity contribution in [3.05, 3.63) is 6.92 Å². The maximum Gasteiger partial charge on any atom is 0.391 e. The van der Waals surface area contributed by atoms with Crippen molar-refractivity contribution in [3.63, 3.8) is 0 Å². The lowest BCUT2D eigenvalue weighted by atomic mass is 10.3. The summed E-state index contributed by atoms with van der Waals surface area (Å²) in [7, 11) is 1.20. The molecule has 0 aliphatic rings. The zero-order valence-electron chi connectivity index (χ0n) is 5.03. The topological polar surface area (TPSA) is 9.23 Å². The lowest BCUT2D eigenvalue weighted by Gasteiger charge is -2.10. The molecule has 0 N–H and O–H groups in total. The lowest BCUT2D eigenvalue weighted by Crippen LogP contribution is -2.18. The molecule has 0 amide bonds. The zero-order chi connectivity index (χ0) is 7.49. The summed E-state index contributed by atoms with van der Waals surface area (Å²) in [5.74, 6) is 0. The Morgan fingerprint density at radius 3 is 2.11 bits per heavy atom. The van der Waals surface area contributed by atoms with Crippen molar-refractivity contribution in [2.24, 2.45) is 0 Å². The van der Waals surface area contributed by atoms with Crippen LogP contribution in [-0.2, 0) is 4.74 Å². The Morgan fingerprint density at radius 2 is 2.00 bits per heavy atom. The van der Waals surface area contributed by atoms with Crippen molar-refractivity contribution in [3.8, 4) is 0 Å². The third kappa shape index (κ3) is 5.62. The van der Waals surface area contributed by atoms with E-state index >= 15 is 0 Å². The molecule has 9 heavy (non-hydrogen) atoms. The molecule has 1 unspecified atom stereocenters. The smallest absolute Gasteiger partial charge is 0.381 e. The molecule has 0 bridgehead atoms. The first-order chi connectivity index (χ1) is 3.95. The van der Waals surface area contributed by atoms with Crippen LogP contribution in [0.15, 0.2) is 0 Å². The van der Waals surface area contributed by atoms with E-state index in [0.717, 1.165) is 0 Å². The van der Waals surface area contributed by atoms with Gasteiger partial charge in [-0.1, -0.05) is 0 Å². The van der Waals surface area contributed by atoms with Crippen LogP contribution in [0.5, 0.6) is 0 Å². The maximum atomic E-state index is 11.4. The molecule has 0 rings (SSSR count). The number of halogens is 3. The van der Waals surface area contributed by atoms with Gasteiger partial charge in [-0.2, -0.15) is 13.2 Å². The highest BCUT2D eigenvalue weighted by Crippen LogP contribution is 2.21. The molecule has 0 saturated carbocycles. The Morgan fingerprint density at radius 1 is 1.56 bits per heavy atom. The predicted octanol–water partition coefficient (Wildman–Crippen LogP) is 1.79. The standard InChI is InChI=1S/C5H8F3O/c1-4(9-2)3-5(6,7)8/h4H,1,3H2,2H3. The number of ether oxygens (including phenoxy) is 1. The Kier molecular flexibility index (Phi) is 2.97. The number of methoxy groups -OCH3 is 1. The Labute approximate surface area is 51.8 Å². The Hall–Kier alpha value is -0.250. The van der Waals surface area contributed by atoms with Crippen LogP contribution in [0, 0.1) is 6.92 Å². The second-order valence-corrected chi connectivity index (χ2v) is 1.68. The van der Waals surface area contributed by atoms with E-state index < -0.39 is 18.7 Å². The average molecular weight is 141 g/mol. The molecule has 0 aliphatic carbocycles. The molecule has 0 aromatic heterocycles. The van der Waals surface area contributed by atoms with Crippen molar-refractivity contribution in [2.75, 3.05) is 7.11 Å². The summed E-state index contributed by atoms with van der Waals surface area (Å²) in [5, 5.41) is 0. The van der Waals surface area contributed by atoms with Gasteiger partial charge < -0.3 is 4.74 Å². The molecule has 55 valence electrons. The first kappa shape index (κ1) is 8.75. The van der Waals surface area contributed by atoms with E-state index in [2.05, 4.69) is 11.7 Å². The van der Waals surface area contributed by atoms with Gasteiger partial charge in [0.1, 0.15) is 0 Å². The van der Waals surface area contributed by atoms with E-state index in [-0.39, 0.29) is 0 Å². The minimum Gasteiger partial charge on any atom is -0.381 e. The Bertz CT molecular complexity index is 78.8. The van der Waals surface area contributed by atoms with Crippen LogP contribution in [0.3, 0.4) is 0 Å². The summed E-state index contributed by atoms with van der Waals surface area (Å²) < 4.78 is 38.4. The summed E-state index contributed by atoms with van der Waals surface area (Å²) in [4.78, 5) is 0. The minimum atomic E-state index is -4.16. The number of hydrogen-bond donors (Lipinski definition) is 0. The second-order valence-electron chi connectivity index (χ2n) is 1.68. The van der Waals surface area contributed by atoms with Gasteiger partial charge in [0.25, 0.3) is 0 Å². The van der Waals surface area contributed by atoms with Gasteiger partial charge in [0.05, 0.1) is 12.5 Å². The molecule has 0 fully saturated rings. The third-order valence-corrected chi connectivity index (χ3v) is 0.792. The predicted molar refractivity (Wildman–Crippen MR) is 26.8 cm³/mol. The van der Waals surface area contributed by atoms with Gasteiger partial charge in [-0.3, -0.25) is 0 Å². The van der Waals surface area contributed by atoms with E-state index in [0.29, 0.717) is 0 Å². The molecular weight excluding hydrogens is 133 g/mol. The molecule has 4 heteroatoms. The number of hydrogen-bond acceptors (Lipinski definition) is 1. The first-order valence-electron chi connectivity index (χ1n) is 2.38. The summed E-state index contributed by atoms with van der Waals surface area (Å²) in [6.07, 6.45) is -6.13. The van der Waals surface area contributed by atoms with Crippen LogP contribution in [-0.4, -0.2) is 19.4 Å². The minimum absolute atomic E-state index is 0.981. The number of alkyl halides is 3. The van der Waals surface area contributed by atoms with Crippen LogP contribution < -0.4 is 0 Å². The third-order valence-electron chi connectivity index (χ3n) is 0.792. The van der Waals surface area contributed by atoms with Gasteiger partial charge >= 0.3 is 6.18 Å². The van der Waals surface area contributed by atoms with Gasteiger partial charge in [-0.05, 0) is 6.92 Å². The zero-order valence-corrected chi connectivity index (χ0v) is 5.03. The van der Waals surface area contributed by atoms with Crippen molar-refractivity contribution in [1.29, 1.82) is 0 Å². The summed E-state index contributed by atoms with van der Waals surface area (Å²) >= 11 is 0. The lowest BCUT2D eigenvalue weighted by molar-refractivity contribution is -0.151. The second kappa shape index (κ2) is 3.06. The van der Waals surface area contributed by atoms with Crippen LogP contribution >= 0.6 is 0 Å². The number of rotatable bonds is 2. The molecular formula is C5H8F3O. The Balaban J connectivity index is 3.47. The van der Waals surface area contributed by atoms with Crippen LogP contribution in [0.4, 0.5) is 13.2 Å². The average Bonchev–Trinajstić information content (AvgIpc) is 1.62. The summed E-state index contributed by atoms with van der Waals surface area (Å²) in [6, 6.07) is 0. The SMILES string of the molecule is [CH2]C(CC(F)(F)F)OC. The van der Waals surface area contributed by atoms with E-state index in [4.69, 9.17) is 0 Å². The molecule has 0 heterocycles. The van der Waals surface area contributed by atoms with E-state index in [1.807, 2.05) is 0 Å². The fraction of sp³-hybridized carbons (Fsp3) is 0.800. The van der Waals surface area contributed by atoms with Gasteiger partial charge in [0, 0.05) is 7.11 Å². The normalized spacial score (nSPS) is 15.7. The highest BCUT2D eigenvalue weighted by atomic mass is 19.4. The largest absolute Gasteiger partial charge is 0.391 e. The van der Waals surface area contributed by atoms with E-state index in [9.17, 15) is 13.2 Å². The quantitative estimate of drug-likeness (QED) is 0.569. The summed E-state index contributed by atoms with van der Waals surface area (Å²) in [6.45, 7) is 3.10. The van der Waals surface area contributed by atoms with E-state index in [1.165, 1.54) is 7.11 Å². The molecule has 0 aromatic carbocycles. The van der Waals surface area contributed by atoms with Gasteiger partial charge in [-0.25, -0.2) is 0 Å². The monoisotopic (exact) mass is 141 g/mol. The summed E-state index contributed by atoms with van der Waals surface area (Å²) in [5.41, 5.74) is 0. The van der Waals surface area contributed by atoms with Crippen LogP contribution in [0.2, 0.25) is 0 Å². The van der Waals surface area contributed by atoms with Gasteiger partial charge in [0.2, 0.25) is 0 Å². The molecule has 0 saturated heterocycles. The molecule has 1 radical (unpaired) electrons. The maximum absolute atomic E-state index is 11.4. The first-order valence-corrected chi connectivity index (χ1v) is 2.38. The van der Waals surface area contributed by atoms with Crippen molar-refractivity contribution in [2.45, 2.75) is 18.7 Å². The van der Waals surface area contributed by atoms with E-state index in [1.54, 1.807) is 0 Å². The molecule has 1 nitrogen and oxygen atoms in total. The molecule has 0 aliphatic heterocycles. The molecule has 0 spiro atoms. The van der Waals surface area contributed by atoms with Crippen molar-refractivity contribution in [1.82, 2.24) is 0 Å². The molecule has 0 aromatic rings. The highest BCUT2D eigenvalue weighted by molar-refractivity contribution is 4.64. The van der Waals surface area contributed by atoms with Crippen LogP contribution in [0.25, 0.3) is 0 Å².